The lowest BCUT2D eigenvalue weighted by Crippen LogP contribution is -2.60. The molecule has 0 saturated carbocycles. The molecule has 0 aliphatic heterocycles. The zero-order valence-corrected chi connectivity index (χ0v) is 24.4. The smallest absolute Gasteiger partial charge is 0.408 e. The molecule has 0 fully saturated rings. The number of ether oxygens (including phenoxy) is 1. The van der Waals surface area contributed by atoms with E-state index in [0.717, 1.165) is 5.56 Å². The molecule has 208 valence electrons. The van der Waals surface area contributed by atoms with Gasteiger partial charge in [0.2, 0.25) is 11.8 Å². The van der Waals surface area contributed by atoms with Crippen LogP contribution in [0.25, 0.3) is 0 Å². The Labute approximate surface area is 228 Å². The van der Waals surface area contributed by atoms with Crippen molar-refractivity contribution in [2.24, 2.45) is 0 Å². The van der Waals surface area contributed by atoms with E-state index in [-0.39, 0.29) is 18.2 Å². The molecule has 2 rings (SSSR count). The Hall–Kier alpha value is -3.35. The van der Waals surface area contributed by atoms with Crippen LogP contribution in [0.1, 0.15) is 85.9 Å². The molecule has 0 aliphatic carbocycles. The van der Waals surface area contributed by atoms with Crippen LogP contribution in [0.3, 0.4) is 0 Å². The van der Waals surface area contributed by atoms with E-state index in [0.29, 0.717) is 12.0 Å². The van der Waals surface area contributed by atoms with Gasteiger partial charge < -0.3 is 20.3 Å². The lowest BCUT2D eigenvalue weighted by Gasteiger charge is -2.45. The lowest BCUT2D eigenvalue weighted by atomic mass is 9.90. The van der Waals surface area contributed by atoms with Crippen LogP contribution in [0, 0.1) is 0 Å². The molecule has 38 heavy (non-hydrogen) atoms. The molecule has 7 heteroatoms. The lowest BCUT2D eigenvalue weighted by molar-refractivity contribution is -0.149. The summed E-state index contributed by atoms with van der Waals surface area (Å²) in [6.45, 7) is 16.9. The maximum absolute atomic E-state index is 14.5. The molecule has 7 nitrogen and oxygen atoms in total. The predicted molar refractivity (Wildman–Crippen MR) is 152 cm³/mol. The van der Waals surface area contributed by atoms with E-state index in [1.165, 1.54) is 0 Å². The number of rotatable bonds is 9. The van der Waals surface area contributed by atoms with Gasteiger partial charge in [0.25, 0.3) is 0 Å². The number of hydrogen-bond donors (Lipinski definition) is 2. The minimum absolute atomic E-state index is 0.248. The van der Waals surface area contributed by atoms with E-state index in [9.17, 15) is 14.4 Å². The molecule has 2 atom stereocenters. The summed E-state index contributed by atoms with van der Waals surface area (Å²) >= 11 is 0. The summed E-state index contributed by atoms with van der Waals surface area (Å²) in [5.74, 6) is -0.640. The largest absolute Gasteiger partial charge is 0.444 e. The molecular weight excluding hydrogens is 478 g/mol. The van der Waals surface area contributed by atoms with Gasteiger partial charge in [-0.05, 0) is 72.9 Å². The normalized spacial score (nSPS) is 13.7. The van der Waals surface area contributed by atoms with Crippen LogP contribution < -0.4 is 10.6 Å². The maximum atomic E-state index is 14.5. The SMILES string of the molecule is CCC(C)(C)N(C(=O)C(Cc1ccccc1)NC(=O)OC(C)(C)C)C(C(=O)NC(C)(C)C)c1ccccc1. The highest BCUT2D eigenvalue weighted by Crippen LogP contribution is 2.33. The molecule has 0 radical (unpaired) electrons. The molecule has 0 heterocycles. The zero-order chi connectivity index (χ0) is 28.7. The zero-order valence-electron chi connectivity index (χ0n) is 24.4. The second kappa shape index (κ2) is 12.5. The first-order chi connectivity index (χ1) is 17.5. The molecule has 0 aromatic heterocycles. The molecule has 2 unspecified atom stereocenters. The first-order valence-electron chi connectivity index (χ1n) is 13.3. The van der Waals surface area contributed by atoms with Crippen molar-refractivity contribution < 1.29 is 19.1 Å². The van der Waals surface area contributed by atoms with Gasteiger partial charge in [-0.2, -0.15) is 0 Å². The first-order valence-corrected chi connectivity index (χ1v) is 13.3. The van der Waals surface area contributed by atoms with Gasteiger partial charge >= 0.3 is 6.09 Å². The predicted octanol–water partition coefficient (Wildman–Crippen LogP) is 5.80. The van der Waals surface area contributed by atoms with E-state index in [1.54, 1.807) is 25.7 Å². The van der Waals surface area contributed by atoms with Crippen LogP contribution in [0.5, 0.6) is 0 Å². The number of carbonyl (C=O) groups excluding carboxylic acids is 3. The van der Waals surface area contributed by atoms with Gasteiger partial charge in [0.15, 0.2) is 0 Å². The molecule has 0 bridgehead atoms. The fourth-order valence-corrected chi connectivity index (χ4v) is 4.10. The van der Waals surface area contributed by atoms with Gasteiger partial charge in [-0.25, -0.2) is 4.79 Å². The van der Waals surface area contributed by atoms with Crippen LogP contribution in [0.2, 0.25) is 0 Å². The van der Waals surface area contributed by atoms with Gasteiger partial charge in [-0.15, -0.1) is 0 Å². The van der Waals surface area contributed by atoms with Crippen LogP contribution in [0.15, 0.2) is 60.7 Å². The van der Waals surface area contributed by atoms with Gasteiger partial charge in [0, 0.05) is 17.5 Å². The summed E-state index contributed by atoms with van der Waals surface area (Å²) in [4.78, 5) is 42.9. The number of carbonyl (C=O) groups is 3. The quantitative estimate of drug-likeness (QED) is 0.435. The Balaban J connectivity index is 2.63. The van der Waals surface area contributed by atoms with Gasteiger partial charge in [0.05, 0.1) is 0 Å². The fraction of sp³-hybridized carbons (Fsp3) is 0.516. The van der Waals surface area contributed by atoms with Crippen LogP contribution in [-0.4, -0.2) is 45.5 Å². The Morgan fingerprint density at radius 3 is 1.84 bits per heavy atom. The molecular formula is C31H45N3O4. The Morgan fingerprint density at radius 1 is 0.842 bits per heavy atom. The van der Waals surface area contributed by atoms with Crippen LogP contribution in [0.4, 0.5) is 4.79 Å². The number of hydrogen-bond acceptors (Lipinski definition) is 4. The van der Waals surface area contributed by atoms with Crippen molar-refractivity contribution in [2.75, 3.05) is 0 Å². The van der Waals surface area contributed by atoms with Crippen molar-refractivity contribution in [3.05, 3.63) is 71.8 Å². The number of alkyl carbamates (subject to hydrolysis) is 1. The number of amides is 3. The van der Waals surface area contributed by atoms with Crippen molar-refractivity contribution >= 4 is 17.9 Å². The van der Waals surface area contributed by atoms with Gasteiger partial charge in [-0.1, -0.05) is 67.6 Å². The van der Waals surface area contributed by atoms with Crippen molar-refractivity contribution in [1.29, 1.82) is 0 Å². The van der Waals surface area contributed by atoms with Crippen molar-refractivity contribution in [2.45, 2.75) is 104 Å². The molecule has 2 N–H and O–H groups in total. The monoisotopic (exact) mass is 523 g/mol. The second-order valence-electron chi connectivity index (χ2n) is 12.3. The number of nitrogens with one attached hydrogen (secondary N) is 2. The minimum Gasteiger partial charge on any atom is -0.444 e. The Kier molecular flexibility index (Phi) is 10.1. The first kappa shape index (κ1) is 30.9. The fourth-order valence-electron chi connectivity index (χ4n) is 4.10. The van der Waals surface area contributed by atoms with Crippen molar-refractivity contribution in [3.63, 3.8) is 0 Å². The van der Waals surface area contributed by atoms with E-state index in [4.69, 9.17) is 4.74 Å². The van der Waals surface area contributed by atoms with Crippen molar-refractivity contribution in [1.82, 2.24) is 15.5 Å². The highest BCUT2D eigenvalue weighted by Gasteiger charge is 2.43. The third-order valence-electron chi connectivity index (χ3n) is 6.15. The van der Waals surface area contributed by atoms with E-state index in [2.05, 4.69) is 10.6 Å². The maximum Gasteiger partial charge on any atom is 0.408 e. The summed E-state index contributed by atoms with van der Waals surface area (Å²) in [7, 11) is 0. The molecule has 3 amide bonds. The molecule has 2 aromatic rings. The number of benzene rings is 2. The summed E-state index contributed by atoms with van der Waals surface area (Å²) in [6.07, 6.45) is 0.156. The Morgan fingerprint density at radius 2 is 1.37 bits per heavy atom. The highest BCUT2D eigenvalue weighted by molar-refractivity contribution is 5.93. The molecule has 2 aromatic carbocycles. The third-order valence-corrected chi connectivity index (χ3v) is 6.15. The minimum atomic E-state index is -0.952. The van der Waals surface area contributed by atoms with E-state index in [1.807, 2.05) is 102 Å². The van der Waals surface area contributed by atoms with Gasteiger partial charge in [-0.3, -0.25) is 9.59 Å². The van der Waals surface area contributed by atoms with Gasteiger partial charge in [0.1, 0.15) is 17.7 Å². The van der Waals surface area contributed by atoms with E-state index >= 15 is 0 Å². The highest BCUT2D eigenvalue weighted by atomic mass is 16.6. The molecule has 0 aliphatic rings. The molecule has 0 spiro atoms. The summed E-state index contributed by atoms with van der Waals surface area (Å²) in [6, 6.07) is 16.9. The third kappa shape index (κ3) is 9.19. The average molecular weight is 524 g/mol. The second-order valence-corrected chi connectivity index (χ2v) is 12.3. The Bertz CT molecular complexity index is 1070. The topological polar surface area (TPSA) is 87.7 Å². The number of nitrogens with zero attached hydrogens (tertiary/aromatic N) is 1. The van der Waals surface area contributed by atoms with Crippen molar-refractivity contribution in [3.8, 4) is 0 Å². The summed E-state index contributed by atoms with van der Waals surface area (Å²) in [5, 5.41) is 5.87. The summed E-state index contributed by atoms with van der Waals surface area (Å²) in [5.41, 5.74) is -0.372. The van der Waals surface area contributed by atoms with E-state index < -0.39 is 34.9 Å². The van der Waals surface area contributed by atoms with Crippen LogP contribution >= 0.6 is 0 Å². The summed E-state index contributed by atoms with van der Waals surface area (Å²) < 4.78 is 5.51. The average Bonchev–Trinajstić information content (AvgIpc) is 2.80. The standard InChI is InChI=1S/C31H45N3O4/c1-10-31(8,9)34(25(23-19-15-12-16-20-23)26(35)33-29(2,3)4)27(36)24(21-22-17-13-11-14-18-22)32-28(37)38-30(5,6)7/h11-20,24-25H,10,21H2,1-9H3,(H,32,37)(H,33,35). The molecule has 0 saturated heterocycles. The van der Waals surface area contributed by atoms with Crippen LogP contribution in [-0.2, 0) is 20.7 Å².